The van der Waals surface area contributed by atoms with Gasteiger partial charge in [-0.3, -0.25) is 4.90 Å². The Balaban J connectivity index is 2.89. The lowest BCUT2D eigenvalue weighted by Gasteiger charge is -2.32. The molecule has 1 unspecified atom stereocenters. The van der Waals surface area contributed by atoms with Gasteiger partial charge in [-0.15, -0.1) is 0 Å². The molecule has 0 aliphatic carbocycles. The predicted molar refractivity (Wildman–Crippen MR) is 80.3 cm³/mol. The highest BCUT2D eigenvalue weighted by Gasteiger charge is 2.33. The smallest absolute Gasteiger partial charge is 0.315 e. The van der Waals surface area contributed by atoms with E-state index in [0.29, 0.717) is 19.5 Å². The fourth-order valence-electron chi connectivity index (χ4n) is 2.41. The zero-order valence-electron chi connectivity index (χ0n) is 12.8. The van der Waals surface area contributed by atoms with Gasteiger partial charge in [0.05, 0.1) is 6.54 Å². The molecular weight excluding hydrogens is 277 g/mol. The van der Waals surface area contributed by atoms with Crippen molar-refractivity contribution in [1.29, 1.82) is 0 Å². The zero-order valence-corrected chi connectivity index (χ0v) is 12.8. The molecule has 0 heterocycles. The van der Waals surface area contributed by atoms with Crippen molar-refractivity contribution in [3.63, 3.8) is 0 Å². The zero-order chi connectivity index (χ0) is 15.7. The molecule has 0 spiro atoms. The number of nitrogens with one attached hydrogen (secondary N) is 1. The van der Waals surface area contributed by atoms with Crippen LogP contribution in [0.5, 0.6) is 0 Å². The van der Waals surface area contributed by atoms with E-state index in [4.69, 9.17) is 0 Å². The van der Waals surface area contributed by atoms with Crippen molar-refractivity contribution >= 4 is 0 Å². The Hall–Kier alpha value is -1.07. The van der Waals surface area contributed by atoms with Gasteiger partial charge in [-0.05, 0) is 31.5 Å². The number of benzene rings is 1. The standard InChI is InChI=1S/C16H25F3N2/c1-3-10-20-12-15(14-8-6-5-7-9-14)21(11-4-2)13-16(17,18)19/h5-9,15,20H,3-4,10-13H2,1-2H3. The molecule has 1 aromatic rings. The minimum Gasteiger partial charge on any atom is -0.315 e. The van der Waals surface area contributed by atoms with E-state index in [1.54, 1.807) is 0 Å². The largest absolute Gasteiger partial charge is 0.401 e. The number of hydrogen-bond acceptors (Lipinski definition) is 2. The third-order valence-corrected chi connectivity index (χ3v) is 3.28. The van der Waals surface area contributed by atoms with Crippen molar-refractivity contribution < 1.29 is 13.2 Å². The van der Waals surface area contributed by atoms with Crippen LogP contribution in [0.3, 0.4) is 0 Å². The summed E-state index contributed by atoms with van der Waals surface area (Å²) < 4.78 is 38.5. The Bertz CT molecular complexity index is 379. The van der Waals surface area contributed by atoms with Gasteiger partial charge in [0, 0.05) is 12.6 Å². The maximum absolute atomic E-state index is 12.8. The van der Waals surface area contributed by atoms with Crippen LogP contribution >= 0.6 is 0 Å². The lowest BCUT2D eigenvalue weighted by atomic mass is 10.0. The minimum absolute atomic E-state index is 0.251. The van der Waals surface area contributed by atoms with Gasteiger partial charge in [0.25, 0.3) is 0 Å². The van der Waals surface area contributed by atoms with Crippen molar-refractivity contribution in [1.82, 2.24) is 10.2 Å². The van der Waals surface area contributed by atoms with Gasteiger partial charge in [-0.2, -0.15) is 13.2 Å². The summed E-state index contributed by atoms with van der Waals surface area (Å²) in [7, 11) is 0. The molecular formula is C16H25F3N2. The Labute approximate surface area is 125 Å². The van der Waals surface area contributed by atoms with Crippen LogP contribution in [0.2, 0.25) is 0 Å². The molecule has 1 atom stereocenters. The van der Waals surface area contributed by atoms with E-state index >= 15 is 0 Å². The third kappa shape index (κ3) is 6.96. The Morgan fingerprint density at radius 3 is 2.29 bits per heavy atom. The summed E-state index contributed by atoms with van der Waals surface area (Å²) in [5, 5.41) is 3.25. The van der Waals surface area contributed by atoms with Crippen molar-refractivity contribution in [2.45, 2.75) is 38.9 Å². The minimum atomic E-state index is -4.17. The number of rotatable bonds is 9. The molecule has 0 bridgehead atoms. The molecule has 5 heteroatoms. The second kappa shape index (κ2) is 9.05. The third-order valence-electron chi connectivity index (χ3n) is 3.28. The molecule has 0 fully saturated rings. The summed E-state index contributed by atoms with van der Waals surface area (Å²) in [6.45, 7) is 4.87. The van der Waals surface area contributed by atoms with Crippen LogP contribution in [0.25, 0.3) is 0 Å². The molecule has 0 aliphatic heterocycles. The first kappa shape index (κ1) is 18.0. The van der Waals surface area contributed by atoms with E-state index in [9.17, 15) is 13.2 Å². The van der Waals surface area contributed by atoms with E-state index in [1.807, 2.05) is 44.2 Å². The highest BCUT2D eigenvalue weighted by atomic mass is 19.4. The second-order valence-corrected chi connectivity index (χ2v) is 5.22. The summed E-state index contributed by atoms with van der Waals surface area (Å²) in [5.41, 5.74) is 0.929. The predicted octanol–water partition coefficient (Wildman–Crippen LogP) is 4.00. The van der Waals surface area contributed by atoms with Gasteiger partial charge in [-0.25, -0.2) is 0 Å². The molecule has 0 aliphatic rings. The monoisotopic (exact) mass is 302 g/mol. The highest BCUT2D eigenvalue weighted by molar-refractivity contribution is 5.19. The first-order valence-electron chi connectivity index (χ1n) is 7.54. The molecule has 1 aromatic carbocycles. The van der Waals surface area contributed by atoms with E-state index in [-0.39, 0.29) is 6.04 Å². The first-order chi connectivity index (χ1) is 9.98. The lowest BCUT2D eigenvalue weighted by Crippen LogP contribution is -2.42. The first-order valence-corrected chi connectivity index (χ1v) is 7.54. The van der Waals surface area contributed by atoms with Crippen LogP contribution < -0.4 is 5.32 Å². The average molecular weight is 302 g/mol. The molecule has 0 radical (unpaired) electrons. The van der Waals surface area contributed by atoms with E-state index in [1.165, 1.54) is 4.90 Å². The number of nitrogens with zero attached hydrogens (tertiary/aromatic N) is 1. The van der Waals surface area contributed by atoms with Gasteiger partial charge >= 0.3 is 6.18 Å². The Morgan fingerprint density at radius 1 is 1.10 bits per heavy atom. The van der Waals surface area contributed by atoms with Gasteiger partial charge in [0.15, 0.2) is 0 Å². The SMILES string of the molecule is CCCNCC(c1ccccc1)N(CCC)CC(F)(F)F. The molecule has 2 nitrogen and oxygen atoms in total. The molecule has 0 saturated carbocycles. The van der Waals surface area contributed by atoms with Crippen LogP contribution in [-0.2, 0) is 0 Å². The highest BCUT2D eigenvalue weighted by Crippen LogP contribution is 2.25. The molecule has 1 N–H and O–H groups in total. The van der Waals surface area contributed by atoms with E-state index < -0.39 is 12.7 Å². The summed E-state index contributed by atoms with van der Waals surface area (Å²) in [6, 6.07) is 9.18. The van der Waals surface area contributed by atoms with Crippen LogP contribution in [0.4, 0.5) is 13.2 Å². The van der Waals surface area contributed by atoms with Crippen LogP contribution in [0.1, 0.15) is 38.3 Å². The molecule has 0 aromatic heterocycles. The van der Waals surface area contributed by atoms with Crippen molar-refractivity contribution in [3.05, 3.63) is 35.9 Å². The summed E-state index contributed by atoms with van der Waals surface area (Å²) in [4.78, 5) is 1.53. The van der Waals surface area contributed by atoms with E-state index in [2.05, 4.69) is 5.32 Å². The summed E-state index contributed by atoms with van der Waals surface area (Å²) >= 11 is 0. The fourth-order valence-corrected chi connectivity index (χ4v) is 2.41. The number of halogens is 3. The Kier molecular flexibility index (Phi) is 7.75. The molecule has 0 saturated heterocycles. The maximum atomic E-state index is 12.8. The average Bonchev–Trinajstić information content (AvgIpc) is 2.43. The summed E-state index contributed by atoms with van der Waals surface area (Å²) in [6.07, 6.45) is -2.51. The lowest BCUT2D eigenvalue weighted by molar-refractivity contribution is -0.151. The number of alkyl halides is 3. The van der Waals surface area contributed by atoms with Crippen LogP contribution in [-0.4, -0.2) is 37.3 Å². The van der Waals surface area contributed by atoms with Gasteiger partial charge in [-0.1, -0.05) is 44.2 Å². The van der Waals surface area contributed by atoms with Gasteiger partial charge < -0.3 is 5.32 Å². The van der Waals surface area contributed by atoms with Gasteiger partial charge in [0.2, 0.25) is 0 Å². The fraction of sp³-hybridized carbons (Fsp3) is 0.625. The Morgan fingerprint density at radius 2 is 1.76 bits per heavy atom. The topological polar surface area (TPSA) is 15.3 Å². The molecule has 21 heavy (non-hydrogen) atoms. The molecule has 0 amide bonds. The van der Waals surface area contributed by atoms with Crippen LogP contribution in [0.15, 0.2) is 30.3 Å². The molecule has 1 rings (SSSR count). The quantitative estimate of drug-likeness (QED) is 0.694. The van der Waals surface area contributed by atoms with Crippen LogP contribution in [0, 0.1) is 0 Å². The maximum Gasteiger partial charge on any atom is 0.401 e. The second-order valence-electron chi connectivity index (χ2n) is 5.22. The summed E-state index contributed by atoms with van der Waals surface area (Å²) in [5.74, 6) is 0. The normalized spacial score (nSPS) is 13.6. The van der Waals surface area contributed by atoms with Crippen molar-refractivity contribution in [2.75, 3.05) is 26.2 Å². The number of hydrogen-bond donors (Lipinski definition) is 1. The van der Waals surface area contributed by atoms with Crippen molar-refractivity contribution in [3.8, 4) is 0 Å². The van der Waals surface area contributed by atoms with E-state index in [0.717, 1.165) is 18.5 Å². The molecule has 120 valence electrons. The van der Waals surface area contributed by atoms with Gasteiger partial charge in [0.1, 0.15) is 0 Å². The van der Waals surface area contributed by atoms with Crippen molar-refractivity contribution in [2.24, 2.45) is 0 Å².